The van der Waals surface area contributed by atoms with Crippen LogP contribution in [0.1, 0.15) is 11.1 Å². The van der Waals surface area contributed by atoms with Crippen molar-refractivity contribution in [2.75, 3.05) is 11.9 Å². The highest BCUT2D eigenvalue weighted by molar-refractivity contribution is 5.46. The number of rotatable bonds is 3. The molecule has 1 unspecified atom stereocenters. The molecule has 19 heavy (non-hydrogen) atoms. The minimum Gasteiger partial charge on any atom is -0.488 e. The van der Waals surface area contributed by atoms with Gasteiger partial charge in [-0.1, -0.05) is 12.1 Å². The van der Waals surface area contributed by atoms with Crippen LogP contribution in [-0.2, 0) is 6.42 Å². The Morgan fingerprint density at radius 2 is 2.16 bits per heavy atom. The smallest absolute Gasteiger partial charge is 0.123 e. The van der Waals surface area contributed by atoms with E-state index in [1.165, 1.54) is 11.6 Å². The molecule has 0 fully saturated rings. The Labute approximate surface area is 112 Å². The first-order valence-electron chi connectivity index (χ1n) is 6.46. The van der Waals surface area contributed by atoms with Crippen LogP contribution < -0.4 is 10.1 Å². The summed E-state index contributed by atoms with van der Waals surface area (Å²) in [6.45, 7) is 2.79. The Morgan fingerprint density at radius 3 is 3.00 bits per heavy atom. The number of ether oxygens (including phenoxy) is 1. The van der Waals surface area contributed by atoms with Crippen molar-refractivity contribution in [1.82, 2.24) is 0 Å². The summed E-state index contributed by atoms with van der Waals surface area (Å²) < 4.78 is 18.9. The summed E-state index contributed by atoms with van der Waals surface area (Å²) in [6, 6.07) is 12.9. The Morgan fingerprint density at radius 1 is 1.26 bits per heavy atom. The lowest BCUT2D eigenvalue weighted by atomic mass is 10.1. The molecular weight excluding hydrogens is 241 g/mol. The third-order valence-corrected chi connectivity index (χ3v) is 3.32. The van der Waals surface area contributed by atoms with Crippen molar-refractivity contribution in [2.24, 2.45) is 0 Å². The molecule has 1 heterocycles. The summed E-state index contributed by atoms with van der Waals surface area (Å²) in [4.78, 5) is 0. The van der Waals surface area contributed by atoms with Gasteiger partial charge in [0, 0.05) is 17.7 Å². The van der Waals surface area contributed by atoms with Crippen molar-refractivity contribution >= 4 is 5.69 Å². The molecular formula is C16H16FNO. The molecule has 1 aliphatic heterocycles. The maximum absolute atomic E-state index is 13.1. The summed E-state index contributed by atoms with van der Waals surface area (Å²) >= 11 is 0. The van der Waals surface area contributed by atoms with Crippen LogP contribution in [0.5, 0.6) is 5.75 Å². The normalized spacial score (nSPS) is 16.8. The van der Waals surface area contributed by atoms with Gasteiger partial charge in [0.25, 0.3) is 0 Å². The Balaban J connectivity index is 1.62. The van der Waals surface area contributed by atoms with E-state index in [0.717, 1.165) is 30.0 Å². The Kier molecular flexibility index (Phi) is 3.11. The van der Waals surface area contributed by atoms with Gasteiger partial charge in [-0.2, -0.15) is 0 Å². The van der Waals surface area contributed by atoms with Crippen LogP contribution in [0.2, 0.25) is 0 Å². The predicted molar refractivity (Wildman–Crippen MR) is 74.2 cm³/mol. The van der Waals surface area contributed by atoms with Crippen molar-refractivity contribution < 1.29 is 9.13 Å². The average Bonchev–Trinajstić information content (AvgIpc) is 2.78. The first kappa shape index (κ1) is 12.0. The van der Waals surface area contributed by atoms with Crippen LogP contribution >= 0.6 is 0 Å². The van der Waals surface area contributed by atoms with E-state index >= 15 is 0 Å². The molecule has 2 aromatic carbocycles. The van der Waals surface area contributed by atoms with Crippen molar-refractivity contribution in [1.29, 1.82) is 0 Å². The number of hydrogen-bond acceptors (Lipinski definition) is 2. The minimum absolute atomic E-state index is 0.0670. The van der Waals surface area contributed by atoms with E-state index in [1.807, 2.05) is 12.1 Å². The molecule has 0 spiro atoms. The lowest BCUT2D eigenvalue weighted by Crippen LogP contribution is -2.23. The molecule has 3 rings (SSSR count). The zero-order valence-corrected chi connectivity index (χ0v) is 10.8. The fraction of sp³-hybridized carbons (Fsp3) is 0.250. The SMILES string of the molecule is Cc1cccc(NCC2Cc3cc(F)ccc3O2)c1. The Hall–Kier alpha value is -2.03. The molecule has 3 heteroatoms. The van der Waals surface area contributed by atoms with Gasteiger partial charge in [0.1, 0.15) is 17.7 Å². The lowest BCUT2D eigenvalue weighted by molar-refractivity contribution is 0.246. The van der Waals surface area contributed by atoms with E-state index in [1.54, 1.807) is 12.1 Å². The number of fused-ring (bicyclic) bond motifs is 1. The van der Waals surface area contributed by atoms with E-state index in [0.29, 0.717) is 0 Å². The van der Waals surface area contributed by atoms with Gasteiger partial charge in [0.2, 0.25) is 0 Å². The molecule has 1 aliphatic rings. The largest absolute Gasteiger partial charge is 0.488 e. The lowest BCUT2D eigenvalue weighted by Gasteiger charge is -2.13. The Bertz CT molecular complexity index is 597. The molecule has 98 valence electrons. The van der Waals surface area contributed by atoms with Gasteiger partial charge in [-0.3, -0.25) is 0 Å². The third kappa shape index (κ3) is 2.70. The second kappa shape index (κ2) is 4.92. The van der Waals surface area contributed by atoms with E-state index in [2.05, 4.69) is 24.4 Å². The predicted octanol–water partition coefficient (Wildman–Crippen LogP) is 3.55. The van der Waals surface area contributed by atoms with Gasteiger partial charge in [0.05, 0.1) is 6.54 Å². The van der Waals surface area contributed by atoms with Crippen LogP contribution in [0.25, 0.3) is 0 Å². The van der Waals surface area contributed by atoms with Gasteiger partial charge in [0.15, 0.2) is 0 Å². The zero-order chi connectivity index (χ0) is 13.2. The molecule has 2 aromatic rings. The fourth-order valence-corrected chi connectivity index (χ4v) is 2.39. The highest BCUT2D eigenvalue weighted by Gasteiger charge is 2.22. The molecule has 1 atom stereocenters. The maximum Gasteiger partial charge on any atom is 0.123 e. The number of halogens is 1. The second-order valence-corrected chi connectivity index (χ2v) is 4.95. The molecule has 2 nitrogen and oxygen atoms in total. The first-order valence-corrected chi connectivity index (χ1v) is 6.46. The fourth-order valence-electron chi connectivity index (χ4n) is 2.39. The zero-order valence-electron chi connectivity index (χ0n) is 10.8. The molecule has 0 saturated heterocycles. The molecule has 0 saturated carbocycles. The molecule has 1 N–H and O–H groups in total. The molecule has 0 radical (unpaired) electrons. The first-order chi connectivity index (χ1) is 9.20. The van der Waals surface area contributed by atoms with Gasteiger partial charge in [-0.05, 0) is 42.8 Å². The second-order valence-electron chi connectivity index (χ2n) is 4.95. The van der Waals surface area contributed by atoms with E-state index in [9.17, 15) is 4.39 Å². The van der Waals surface area contributed by atoms with Gasteiger partial charge in [-0.15, -0.1) is 0 Å². The molecule has 0 bridgehead atoms. The van der Waals surface area contributed by atoms with Gasteiger partial charge in [-0.25, -0.2) is 4.39 Å². The molecule has 0 aliphatic carbocycles. The molecule has 0 aromatic heterocycles. The highest BCUT2D eigenvalue weighted by atomic mass is 19.1. The number of anilines is 1. The van der Waals surface area contributed by atoms with Gasteiger partial charge < -0.3 is 10.1 Å². The summed E-state index contributed by atoms with van der Waals surface area (Å²) in [6.07, 6.45) is 0.823. The number of hydrogen-bond donors (Lipinski definition) is 1. The van der Waals surface area contributed by atoms with Crippen LogP contribution in [0, 0.1) is 12.7 Å². The minimum atomic E-state index is -0.199. The van der Waals surface area contributed by atoms with Crippen molar-refractivity contribution in [3.8, 4) is 5.75 Å². The van der Waals surface area contributed by atoms with Gasteiger partial charge >= 0.3 is 0 Å². The summed E-state index contributed by atoms with van der Waals surface area (Å²) in [7, 11) is 0. The van der Waals surface area contributed by atoms with Crippen molar-refractivity contribution in [3.05, 3.63) is 59.4 Å². The summed E-state index contributed by atoms with van der Waals surface area (Å²) in [5.74, 6) is 0.604. The highest BCUT2D eigenvalue weighted by Crippen LogP contribution is 2.29. The van der Waals surface area contributed by atoms with Crippen molar-refractivity contribution in [2.45, 2.75) is 19.4 Å². The third-order valence-electron chi connectivity index (χ3n) is 3.32. The van der Waals surface area contributed by atoms with Crippen LogP contribution in [-0.4, -0.2) is 12.6 Å². The monoisotopic (exact) mass is 257 g/mol. The quantitative estimate of drug-likeness (QED) is 0.908. The summed E-state index contributed by atoms with van der Waals surface area (Å²) in [5, 5.41) is 3.36. The van der Waals surface area contributed by atoms with E-state index < -0.39 is 0 Å². The standard InChI is InChI=1S/C16H16FNO/c1-11-3-2-4-14(7-11)18-10-15-9-12-8-13(17)5-6-16(12)19-15/h2-8,15,18H,9-10H2,1H3. The van der Waals surface area contributed by atoms with E-state index in [4.69, 9.17) is 4.74 Å². The van der Waals surface area contributed by atoms with Crippen molar-refractivity contribution in [3.63, 3.8) is 0 Å². The molecule has 0 amide bonds. The number of nitrogens with one attached hydrogen (secondary N) is 1. The van der Waals surface area contributed by atoms with Crippen LogP contribution in [0.15, 0.2) is 42.5 Å². The van der Waals surface area contributed by atoms with Crippen LogP contribution in [0.3, 0.4) is 0 Å². The number of aryl methyl sites for hydroxylation is 1. The average molecular weight is 257 g/mol. The number of benzene rings is 2. The maximum atomic E-state index is 13.1. The van der Waals surface area contributed by atoms with Crippen LogP contribution in [0.4, 0.5) is 10.1 Å². The van der Waals surface area contributed by atoms with E-state index in [-0.39, 0.29) is 11.9 Å². The topological polar surface area (TPSA) is 21.3 Å². The summed E-state index contributed by atoms with van der Waals surface area (Å²) in [5.41, 5.74) is 3.27.